The largest absolute Gasteiger partial charge is 0.355 e. The summed E-state index contributed by atoms with van der Waals surface area (Å²) >= 11 is 8.82. The van der Waals surface area contributed by atoms with E-state index < -0.39 is 0 Å². The van der Waals surface area contributed by atoms with Crippen molar-refractivity contribution in [1.29, 1.82) is 0 Å². The minimum absolute atomic E-state index is 0.00424. The lowest BCUT2D eigenvalue weighted by atomic mass is 10.1. The Morgan fingerprint density at radius 3 is 2.68 bits per heavy atom. The van der Waals surface area contributed by atoms with Crippen molar-refractivity contribution >= 4 is 40.8 Å². The van der Waals surface area contributed by atoms with E-state index in [0.717, 1.165) is 16.3 Å². The number of halogens is 1. The van der Waals surface area contributed by atoms with Gasteiger partial charge in [0.2, 0.25) is 5.91 Å². The number of aromatic nitrogens is 2. The lowest BCUT2D eigenvalue weighted by molar-refractivity contribution is -0.118. The Balaban J connectivity index is 1.46. The quantitative estimate of drug-likeness (QED) is 0.612. The van der Waals surface area contributed by atoms with E-state index in [9.17, 15) is 4.79 Å². The lowest BCUT2D eigenvalue weighted by Gasteiger charge is -2.04. The molecule has 3 aromatic rings. The van der Waals surface area contributed by atoms with Gasteiger partial charge in [-0.05, 0) is 35.6 Å². The number of thioether (sulfide) groups is 1. The summed E-state index contributed by atoms with van der Waals surface area (Å²) in [6.45, 7) is 0.629. The molecule has 3 rings (SSSR count). The second-order valence-electron chi connectivity index (χ2n) is 5.24. The van der Waals surface area contributed by atoms with Gasteiger partial charge in [0.25, 0.3) is 0 Å². The van der Waals surface area contributed by atoms with Crippen molar-refractivity contribution < 1.29 is 4.79 Å². The maximum atomic E-state index is 11.9. The first-order valence-corrected chi connectivity index (χ1v) is 9.88. The second kappa shape index (κ2) is 8.99. The number of hydrogen-bond acceptors (Lipinski definition) is 5. The first kappa shape index (κ1) is 17.9. The van der Waals surface area contributed by atoms with Crippen LogP contribution in [0.15, 0.2) is 58.9 Å². The second-order valence-corrected chi connectivity index (χ2v) is 7.62. The first-order chi connectivity index (χ1) is 12.2. The Morgan fingerprint density at radius 1 is 1.12 bits per heavy atom. The van der Waals surface area contributed by atoms with Crippen LogP contribution in [-0.2, 0) is 11.2 Å². The predicted octanol–water partition coefficient (Wildman–Crippen LogP) is 4.31. The molecule has 0 aliphatic carbocycles. The summed E-state index contributed by atoms with van der Waals surface area (Å²) in [6, 6.07) is 17.6. The van der Waals surface area contributed by atoms with Crippen LogP contribution in [0.2, 0.25) is 5.02 Å². The van der Waals surface area contributed by atoms with Crippen LogP contribution in [-0.4, -0.2) is 27.6 Å². The normalized spacial score (nSPS) is 10.6. The van der Waals surface area contributed by atoms with E-state index in [4.69, 9.17) is 11.6 Å². The van der Waals surface area contributed by atoms with E-state index in [1.165, 1.54) is 28.9 Å². The van der Waals surface area contributed by atoms with E-state index >= 15 is 0 Å². The van der Waals surface area contributed by atoms with E-state index in [-0.39, 0.29) is 5.91 Å². The summed E-state index contributed by atoms with van der Waals surface area (Å²) in [5, 5.41) is 3.55. The Labute approximate surface area is 159 Å². The van der Waals surface area contributed by atoms with Crippen LogP contribution in [0.5, 0.6) is 0 Å². The summed E-state index contributed by atoms with van der Waals surface area (Å²) in [5.41, 5.74) is 2.02. The highest BCUT2D eigenvalue weighted by atomic mass is 35.5. The van der Waals surface area contributed by atoms with Gasteiger partial charge in [0, 0.05) is 12.1 Å². The molecule has 0 saturated heterocycles. The maximum Gasteiger partial charge on any atom is 0.230 e. The molecule has 1 heterocycles. The molecule has 2 aromatic carbocycles. The van der Waals surface area contributed by atoms with Crippen molar-refractivity contribution in [1.82, 2.24) is 14.7 Å². The molecule has 1 aromatic heterocycles. The molecule has 0 aliphatic rings. The standard InChI is InChI=1S/C18H16ClN3OS2/c19-15-9-5-4-8-14(15)17-21-18(25-22-17)24-12-16(23)20-11-10-13-6-2-1-3-7-13/h1-9H,10-12H2,(H,20,23). The first-order valence-electron chi connectivity index (χ1n) is 7.74. The summed E-state index contributed by atoms with van der Waals surface area (Å²) in [4.78, 5) is 16.4. The molecule has 25 heavy (non-hydrogen) atoms. The van der Waals surface area contributed by atoms with Gasteiger partial charge in [-0.2, -0.15) is 4.37 Å². The zero-order chi connectivity index (χ0) is 17.5. The van der Waals surface area contributed by atoms with Crippen LogP contribution >= 0.6 is 34.9 Å². The highest BCUT2D eigenvalue weighted by molar-refractivity contribution is 8.01. The van der Waals surface area contributed by atoms with Crippen molar-refractivity contribution in [2.75, 3.05) is 12.3 Å². The SMILES string of the molecule is O=C(CSc1nc(-c2ccccc2Cl)ns1)NCCc1ccccc1. The molecule has 7 heteroatoms. The fourth-order valence-electron chi connectivity index (χ4n) is 2.19. The Morgan fingerprint density at radius 2 is 1.88 bits per heavy atom. The van der Waals surface area contributed by atoms with Crippen LogP contribution in [0.3, 0.4) is 0 Å². The molecular weight excluding hydrogens is 374 g/mol. The van der Waals surface area contributed by atoms with E-state index in [2.05, 4.69) is 26.8 Å². The van der Waals surface area contributed by atoms with Gasteiger partial charge in [0.05, 0.1) is 10.8 Å². The fourth-order valence-corrected chi connectivity index (χ4v) is 3.85. The van der Waals surface area contributed by atoms with E-state index in [1.807, 2.05) is 42.5 Å². The molecule has 0 saturated carbocycles. The molecule has 0 radical (unpaired) electrons. The van der Waals surface area contributed by atoms with Gasteiger partial charge in [-0.1, -0.05) is 65.8 Å². The van der Waals surface area contributed by atoms with Gasteiger partial charge in [0.15, 0.2) is 10.2 Å². The molecule has 128 valence electrons. The smallest absolute Gasteiger partial charge is 0.230 e. The van der Waals surface area contributed by atoms with Crippen LogP contribution in [0.25, 0.3) is 11.4 Å². The molecule has 0 spiro atoms. The van der Waals surface area contributed by atoms with Crippen LogP contribution in [0.1, 0.15) is 5.56 Å². The lowest BCUT2D eigenvalue weighted by Crippen LogP contribution is -2.27. The van der Waals surface area contributed by atoms with Gasteiger partial charge in [-0.3, -0.25) is 4.79 Å². The zero-order valence-electron chi connectivity index (χ0n) is 13.3. The average Bonchev–Trinajstić information content (AvgIpc) is 3.10. The number of nitrogens with one attached hydrogen (secondary N) is 1. The molecule has 0 atom stereocenters. The molecule has 0 aliphatic heterocycles. The molecule has 1 amide bonds. The van der Waals surface area contributed by atoms with Crippen molar-refractivity contribution in [3.05, 3.63) is 65.2 Å². The number of rotatable bonds is 7. The van der Waals surface area contributed by atoms with Crippen molar-refractivity contribution in [2.24, 2.45) is 0 Å². The Hall–Kier alpha value is -1.89. The highest BCUT2D eigenvalue weighted by Gasteiger charge is 2.11. The average molecular weight is 390 g/mol. The number of carbonyl (C=O) groups is 1. The van der Waals surface area contributed by atoms with Gasteiger partial charge < -0.3 is 5.32 Å². The topological polar surface area (TPSA) is 54.9 Å². The number of hydrogen-bond donors (Lipinski definition) is 1. The van der Waals surface area contributed by atoms with Crippen molar-refractivity contribution in [3.8, 4) is 11.4 Å². The molecular formula is C18H16ClN3OS2. The third kappa shape index (κ3) is 5.29. The van der Waals surface area contributed by atoms with Gasteiger partial charge in [-0.25, -0.2) is 4.98 Å². The summed E-state index contributed by atoms with van der Waals surface area (Å²) in [5.74, 6) is 0.921. The minimum Gasteiger partial charge on any atom is -0.355 e. The minimum atomic E-state index is -0.00424. The number of nitrogens with zero attached hydrogens (tertiary/aromatic N) is 2. The fraction of sp³-hybridized carbons (Fsp3) is 0.167. The van der Waals surface area contributed by atoms with Crippen LogP contribution in [0, 0.1) is 0 Å². The molecule has 4 nitrogen and oxygen atoms in total. The summed E-state index contributed by atoms with van der Waals surface area (Å²) in [7, 11) is 0. The number of amides is 1. The van der Waals surface area contributed by atoms with Gasteiger partial charge >= 0.3 is 0 Å². The van der Waals surface area contributed by atoms with Crippen LogP contribution < -0.4 is 5.32 Å². The number of carbonyl (C=O) groups excluding carboxylic acids is 1. The molecule has 1 N–H and O–H groups in total. The predicted molar refractivity (Wildman–Crippen MR) is 104 cm³/mol. The summed E-state index contributed by atoms with van der Waals surface area (Å²) in [6.07, 6.45) is 0.826. The van der Waals surface area contributed by atoms with Gasteiger partial charge in [-0.15, -0.1) is 0 Å². The third-order valence-corrected chi connectivity index (χ3v) is 5.59. The third-order valence-electron chi connectivity index (χ3n) is 3.43. The monoisotopic (exact) mass is 389 g/mol. The van der Waals surface area contributed by atoms with Crippen molar-refractivity contribution in [2.45, 2.75) is 10.8 Å². The van der Waals surface area contributed by atoms with E-state index in [1.54, 1.807) is 0 Å². The molecule has 0 bridgehead atoms. The van der Waals surface area contributed by atoms with Crippen LogP contribution in [0.4, 0.5) is 0 Å². The van der Waals surface area contributed by atoms with E-state index in [0.29, 0.717) is 23.1 Å². The highest BCUT2D eigenvalue weighted by Crippen LogP contribution is 2.29. The number of benzene rings is 2. The van der Waals surface area contributed by atoms with Crippen molar-refractivity contribution in [3.63, 3.8) is 0 Å². The molecule has 0 unspecified atom stereocenters. The molecule has 0 fully saturated rings. The Bertz CT molecular complexity index is 839. The maximum absolute atomic E-state index is 11.9. The zero-order valence-corrected chi connectivity index (χ0v) is 15.7. The summed E-state index contributed by atoms with van der Waals surface area (Å²) < 4.78 is 5.08. The van der Waals surface area contributed by atoms with Gasteiger partial charge in [0.1, 0.15) is 0 Å². The Kier molecular flexibility index (Phi) is 6.44.